The molecule has 218 valence electrons. The summed E-state index contributed by atoms with van der Waals surface area (Å²) in [5.41, 5.74) is 5.84. The van der Waals surface area contributed by atoms with Crippen LogP contribution in [0, 0.1) is 0 Å². The quantitative estimate of drug-likeness (QED) is 0.179. The number of aliphatic imine (C=N–C) groups is 4. The van der Waals surface area contributed by atoms with Gasteiger partial charge < -0.3 is 0 Å². The molecule has 0 fully saturated rings. The first-order valence-corrected chi connectivity index (χ1v) is 15.5. The van der Waals surface area contributed by atoms with E-state index in [1.807, 2.05) is 72.8 Å². The summed E-state index contributed by atoms with van der Waals surface area (Å²) in [5.74, 6) is 0.651. The molecule has 6 aromatic rings. The molecule has 0 aromatic heterocycles. The van der Waals surface area contributed by atoms with Gasteiger partial charge in [0.05, 0.1) is 17.1 Å². The predicted molar refractivity (Wildman–Crippen MR) is 188 cm³/mol. The monoisotopic (exact) mass is 590 g/mol. The summed E-state index contributed by atoms with van der Waals surface area (Å²) in [6, 6.07) is 62.0. The molecule has 0 spiro atoms. The first-order valence-electron chi connectivity index (χ1n) is 15.5. The normalized spacial score (nSPS) is 18.3. The zero-order chi connectivity index (χ0) is 30.8. The van der Waals surface area contributed by atoms with Crippen molar-refractivity contribution in [3.8, 4) is 0 Å². The van der Waals surface area contributed by atoms with Crippen LogP contribution >= 0.6 is 0 Å². The van der Waals surface area contributed by atoms with Gasteiger partial charge in [0.15, 0.2) is 11.4 Å². The van der Waals surface area contributed by atoms with E-state index in [-0.39, 0.29) is 0 Å². The molecule has 0 N–H and O–H groups in total. The number of amidine groups is 1. The van der Waals surface area contributed by atoms with Gasteiger partial charge >= 0.3 is 0 Å². The van der Waals surface area contributed by atoms with Gasteiger partial charge in [-0.1, -0.05) is 182 Å². The Morgan fingerprint density at radius 1 is 0.326 bits per heavy atom. The number of hydrogen-bond acceptors (Lipinski definition) is 4. The molecule has 8 rings (SSSR count). The lowest BCUT2D eigenvalue weighted by atomic mass is 9.70. The van der Waals surface area contributed by atoms with Crippen molar-refractivity contribution in [2.45, 2.75) is 11.2 Å². The SMILES string of the molecule is c1ccc(C2=NC(c3ccccc3)(C3(c4ccccc4)N=C(c4ccccc4)C(c4ccccc4)=N3)C(c3ccccc3)=N2)cc1. The van der Waals surface area contributed by atoms with E-state index < -0.39 is 11.2 Å². The van der Waals surface area contributed by atoms with Crippen LogP contribution in [0.15, 0.2) is 202 Å². The first-order chi connectivity index (χ1) is 22.8. The summed E-state index contributed by atoms with van der Waals surface area (Å²) < 4.78 is 0. The molecule has 0 saturated heterocycles. The maximum Gasteiger partial charge on any atom is 0.211 e. The van der Waals surface area contributed by atoms with E-state index in [1.54, 1.807) is 0 Å². The zero-order valence-electron chi connectivity index (χ0n) is 25.1. The van der Waals surface area contributed by atoms with E-state index >= 15 is 0 Å². The van der Waals surface area contributed by atoms with E-state index in [9.17, 15) is 0 Å². The standard InChI is InChI=1S/C42H30N4/c1-7-19-31(20-8-1)37-38(32-21-9-2-10-22-32)45-42(44-37,36-29-17-6-18-30-36)41(35-27-15-5-16-28-35)39(33-23-11-3-12-24-33)43-40(46-41)34-25-13-4-14-26-34/h1-30H. The molecule has 4 heteroatoms. The number of rotatable bonds is 7. The minimum atomic E-state index is -1.24. The van der Waals surface area contributed by atoms with E-state index in [0.717, 1.165) is 50.5 Å². The van der Waals surface area contributed by atoms with E-state index in [1.165, 1.54) is 0 Å². The third-order valence-corrected chi connectivity index (χ3v) is 8.65. The summed E-state index contributed by atoms with van der Waals surface area (Å²) in [6.45, 7) is 0. The van der Waals surface area contributed by atoms with Gasteiger partial charge in [-0.3, -0.25) is 0 Å². The highest BCUT2D eigenvalue weighted by Crippen LogP contribution is 2.55. The number of hydrogen-bond donors (Lipinski definition) is 0. The highest BCUT2D eigenvalue weighted by Gasteiger charge is 2.62. The molecule has 0 bridgehead atoms. The van der Waals surface area contributed by atoms with Crippen LogP contribution in [0.3, 0.4) is 0 Å². The Morgan fingerprint density at radius 2 is 0.696 bits per heavy atom. The van der Waals surface area contributed by atoms with E-state index in [4.69, 9.17) is 20.0 Å². The molecule has 4 nitrogen and oxygen atoms in total. The zero-order valence-corrected chi connectivity index (χ0v) is 25.1. The highest BCUT2D eigenvalue weighted by molar-refractivity contribution is 6.54. The highest BCUT2D eigenvalue weighted by atomic mass is 15.3. The molecule has 1 unspecified atom stereocenters. The molecule has 2 aliphatic heterocycles. The van der Waals surface area contributed by atoms with Gasteiger partial charge in [0.2, 0.25) is 5.66 Å². The van der Waals surface area contributed by atoms with Gasteiger partial charge in [-0.2, -0.15) is 0 Å². The Labute approximate surface area is 268 Å². The lowest BCUT2D eigenvalue weighted by Crippen LogP contribution is -2.50. The van der Waals surface area contributed by atoms with Crippen LogP contribution in [0.25, 0.3) is 0 Å². The van der Waals surface area contributed by atoms with E-state index in [0.29, 0.717) is 5.84 Å². The molecule has 2 aliphatic rings. The van der Waals surface area contributed by atoms with Crippen molar-refractivity contribution in [1.82, 2.24) is 0 Å². The van der Waals surface area contributed by atoms with Crippen molar-refractivity contribution in [2.75, 3.05) is 0 Å². The molecule has 0 amide bonds. The summed E-state index contributed by atoms with van der Waals surface area (Å²) >= 11 is 0. The van der Waals surface area contributed by atoms with Gasteiger partial charge in [-0.05, 0) is 11.1 Å². The molecular weight excluding hydrogens is 560 g/mol. The Bertz CT molecular complexity index is 2050. The van der Waals surface area contributed by atoms with Crippen LogP contribution in [0.5, 0.6) is 0 Å². The fourth-order valence-corrected chi connectivity index (χ4v) is 6.55. The molecule has 0 radical (unpaired) electrons. The fourth-order valence-electron chi connectivity index (χ4n) is 6.55. The maximum absolute atomic E-state index is 5.78. The van der Waals surface area contributed by atoms with Crippen LogP contribution < -0.4 is 0 Å². The predicted octanol–water partition coefficient (Wildman–Crippen LogP) is 8.68. The van der Waals surface area contributed by atoms with Gasteiger partial charge in [0.25, 0.3) is 0 Å². The molecular formula is C42H30N4. The molecule has 6 aromatic carbocycles. The second kappa shape index (κ2) is 11.5. The van der Waals surface area contributed by atoms with Gasteiger partial charge in [0, 0.05) is 22.3 Å². The van der Waals surface area contributed by atoms with Crippen LogP contribution in [0.2, 0.25) is 0 Å². The lowest BCUT2D eigenvalue weighted by molar-refractivity contribution is 0.330. The van der Waals surface area contributed by atoms with Crippen molar-refractivity contribution < 1.29 is 0 Å². The average Bonchev–Trinajstić information content (AvgIpc) is 3.77. The molecule has 46 heavy (non-hydrogen) atoms. The van der Waals surface area contributed by atoms with Crippen LogP contribution in [-0.2, 0) is 11.2 Å². The molecule has 0 aliphatic carbocycles. The molecule has 1 atom stereocenters. The van der Waals surface area contributed by atoms with Crippen molar-refractivity contribution in [3.63, 3.8) is 0 Å². The van der Waals surface area contributed by atoms with Crippen molar-refractivity contribution in [3.05, 3.63) is 215 Å². The van der Waals surface area contributed by atoms with Gasteiger partial charge in [-0.15, -0.1) is 0 Å². The fraction of sp³-hybridized carbons (Fsp3) is 0.0476. The summed E-state index contributed by atoms with van der Waals surface area (Å²) in [4.78, 5) is 22.7. The minimum Gasteiger partial charge on any atom is -0.245 e. The Hall–Kier alpha value is -6.00. The summed E-state index contributed by atoms with van der Waals surface area (Å²) in [5, 5.41) is 0. The first kappa shape index (κ1) is 27.5. The second-order valence-corrected chi connectivity index (χ2v) is 11.4. The van der Waals surface area contributed by atoms with Gasteiger partial charge in [-0.25, -0.2) is 20.0 Å². The third kappa shape index (κ3) is 4.46. The number of nitrogens with zero attached hydrogens (tertiary/aromatic N) is 4. The maximum atomic E-state index is 5.78. The summed E-state index contributed by atoms with van der Waals surface area (Å²) in [6.07, 6.45) is 0. The summed E-state index contributed by atoms with van der Waals surface area (Å²) in [7, 11) is 0. The second-order valence-electron chi connectivity index (χ2n) is 11.4. The van der Waals surface area contributed by atoms with Crippen molar-refractivity contribution in [2.24, 2.45) is 20.0 Å². The smallest absolute Gasteiger partial charge is 0.211 e. The van der Waals surface area contributed by atoms with E-state index in [2.05, 4.69) is 109 Å². The Balaban J connectivity index is 1.54. The Kier molecular flexibility index (Phi) is 6.88. The van der Waals surface area contributed by atoms with Crippen LogP contribution in [-0.4, -0.2) is 23.0 Å². The lowest BCUT2D eigenvalue weighted by Gasteiger charge is -2.41. The third-order valence-electron chi connectivity index (χ3n) is 8.65. The molecule has 0 saturated carbocycles. The topological polar surface area (TPSA) is 49.4 Å². The van der Waals surface area contributed by atoms with Gasteiger partial charge in [0.1, 0.15) is 0 Å². The largest absolute Gasteiger partial charge is 0.245 e. The van der Waals surface area contributed by atoms with Crippen molar-refractivity contribution >= 4 is 23.0 Å². The van der Waals surface area contributed by atoms with Crippen molar-refractivity contribution in [1.29, 1.82) is 0 Å². The van der Waals surface area contributed by atoms with Crippen LogP contribution in [0.1, 0.15) is 33.4 Å². The number of benzene rings is 6. The average molecular weight is 591 g/mol. The Morgan fingerprint density at radius 3 is 1.15 bits per heavy atom. The minimum absolute atomic E-state index is 0.651. The van der Waals surface area contributed by atoms with Crippen LogP contribution in [0.4, 0.5) is 0 Å². The molecule has 2 heterocycles.